The van der Waals surface area contributed by atoms with E-state index in [2.05, 4.69) is 4.74 Å². The molecule has 1 heterocycles. The molecule has 0 spiro atoms. The summed E-state index contributed by atoms with van der Waals surface area (Å²) in [7, 11) is 0. The van der Waals surface area contributed by atoms with Gasteiger partial charge in [0.1, 0.15) is 6.10 Å². The molecule has 5 atom stereocenters. The van der Waals surface area contributed by atoms with Gasteiger partial charge in [0.25, 0.3) is 12.2 Å². The van der Waals surface area contributed by atoms with Gasteiger partial charge in [-0.15, -0.1) is 0 Å². The first-order valence-corrected chi connectivity index (χ1v) is 3.51. The van der Waals surface area contributed by atoms with Crippen molar-refractivity contribution in [2.45, 2.75) is 37.2 Å². The molecule has 0 amide bonds. The van der Waals surface area contributed by atoms with Gasteiger partial charge < -0.3 is 20.1 Å². The molecule has 0 aliphatic carbocycles. The summed E-state index contributed by atoms with van der Waals surface area (Å²) in [5, 5.41) is 26.0. The number of rotatable bonds is 0. The van der Waals surface area contributed by atoms with E-state index in [1.807, 2.05) is 0 Å². The molecular formula is C6H9F3O4. The maximum Gasteiger partial charge on any atom is 0.325 e. The zero-order chi connectivity index (χ0) is 10.4. The number of halogens is 3. The second-order valence-electron chi connectivity index (χ2n) is 2.95. The molecule has 0 radical (unpaired) electrons. The molecule has 0 saturated carbocycles. The highest BCUT2D eigenvalue weighted by Gasteiger charge is 2.67. The van der Waals surface area contributed by atoms with Gasteiger partial charge in [-0.3, -0.25) is 0 Å². The maximum absolute atomic E-state index is 12.9. The SMILES string of the molecule is C[C@H]1OC(F)[C@@](O)(F)[C@](O)(F)[C@H]1O. The van der Waals surface area contributed by atoms with Crippen LogP contribution in [-0.4, -0.2) is 45.6 Å². The van der Waals surface area contributed by atoms with Crippen molar-refractivity contribution in [1.29, 1.82) is 0 Å². The zero-order valence-corrected chi connectivity index (χ0v) is 6.62. The van der Waals surface area contributed by atoms with Crippen LogP contribution in [0.2, 0.25) is 0 Å². The normalized spacial score (nSPS) is 57.9. The van der Waals surface area contributed by atoms with Crippen LogP contribution in [0.3, 0.4) is 0 Å². The van der Waals surface area contributed by atoms with Crippen LogP contribution in [0.1, 0.15) is 6.92 Å². The Morgan fingerprint density at radius 3 is 2.15 bits per heavy atom. The van der Waals surface area contributed by atoms with Gasteiger partial charge in [0.2, 0.25) is 0 Å². The minimum Gasteiger partial charge on any atom is -0.384 e. The van der Waals surface area contributed by atoms with Gasteiger partial charge >= 0.3 is 5.85 Å². The van der Waals surface area contributed by atoms with E-state index < -0.39 is 30.3 Å². The van der Waals surface area contributed by atoms with Crippen molar-refractivity contribution in [3.63, 3.8) is 0 Å². The third kappa shape index (κ3) is 1.32. The first-order valence-electron chi connectivity index (χ1n) is 3.51. The Bertz CT molecular complexity index is 208. The highest BCUT2D eigenvalue weighted by molar-refractivity contribution is 4.98. The van der Waals surface area contributed by atoms with E-state index in [0.717, 1.165) is 6.92 Å². The van der Waals surface area contributed by atoms with E-state index in [1.165, 1.54) is 0 Å². The van der Waals surface area contributed by atoms with Gasteiger partial charge in [-0.25, -0.2) is 8.78 Å². The summed E-state index contributed by atoms with van der Waals surface area (Å²) in [6.07, 6.45) is -6.85. The molecule has 0 aromatic heterocycles. The summed E-state index contributed by atoms with van der Waals surface area (Å²) in [5.74, 6) is -8.34. The first kappa shape index (κ1) is 10.7. The molecule has 78 valence electrons. The smallest absolute Gasteiger partial charge is 0.325 e. The second-order valence-corrected chi connectivity index (χ2v) is 2.95. The fourth-order valence-electron chi connectivity index (χ4n) is 1.03. The molecule has 1 saturated heterocycles. The molecule has 1 unspecified atom stereocenters. The lowest BCUT2D eigenvalue weighted by atomic mass is 9.96. The lowest BCUT2D eigenvalue weighted by Crippen LogP contribution is -2.68. The van der Waals surface area contributed by atoms with Crippen molar-refractivity contribution in [3.05, 3.63) is 0 Å². The number of ether oxygens (including phenoxy) is 1. The molecule has 4 nitrogen and oxygen atoms in total. The van der Waals surface area contributed by atoms with E-state index in [4.69, 9.17) is 15.3 Å². The van der Waals surface area contributed by atoms with Crippen LogP contribution in [0.15, 0.2) is 0 Å². The van der Waals surface area contributed by atoms with Gasteiger partial charge in [-0.2, -0.15) is 4.39 Å². The summed E-state index contributed by atoms with van der Waals surface area (Å²) in [5.41, 5.74) is 0. The standard InChI is InChI=1S/C6H9F3O4/c1-2-3(10)5(8,11)6(9,12)4(7)13-2/h2-4,10-12H,1H3/t2-,3+,4?,5+,6+/m1/s1. The van der Waals surface area contributed by atoms with Gasteiger partial charge in [-0.1, -0.05) is 0 Å². The molecule has 0 aromatic carbocycles. The molecule has 1 aliphatic rings. The Labute approximate surface area is 71.6 Å². The Morgan fingerprint density at radius 1 is 1.23 bits per heavy atom. The minimum absolute atomic E-state index is 1.02. The number of alkyl halides is 3. The summed E-state index contributed by atoms with van der Waals surface area (Å²) in [4.78, 5) is 0. The van der Waals surface area contributed by atoms with E-state index in [-0.39, 0.29) is 0 Å². The van der Waals surface area contributed by atoms with Crippen molar-refractivity contribution < 1.29 is 33.2 Å². The third-order valence-electron chi connectivity index (χ3n) is 1.96. The summed E-state index contributed by atoms with van der Waals surface area (Å²) < 4.78 is 42.2. The van der Waals surface area contributed by atoms with E-state index in [1.54, 1.807) is 0 Å². The largest absolute Gasteiger partial charge is 0.384 e. The quantitative estimate of drug-likeness (QED) is 0.489. The van der Waals surface area contributed by atoms with Crippen molar-refractivity contribution in [2.75, 3.05) is 0 Å². The summed E-state index contributed by atoms with van der Waals surface area (Å²) in [6.45, 7) is 1.02. The maximum atomic E-state index is 12.9. The van der Waals surface area contributed by atoms with Crippen LogP contribution >= 0.6 is 0 Å². The Hall–Kier alpha value is -0.370. The van der Waals surface area contributed by atoms with Crippen molar-refractivity contribution in [2.24, 2.45) is 0 Å². The van der Waals surface area contributed by atoms with Gasteiger partial charge in [0, 0.05) is 0 Å². The molecule has 13 heavy (non-hydrogen) atoms. The molecule has 0 aromatic rings. The predicted octanol–water partition coefficient (Wildman–Crippen LogP) is -0.622. The molecule has 3 N–H and O–H groups in total. The highest BCUT2D eigenvalue weighted by atomic mass is 19.2. The second kappa shape index (κ2) is 2.81. The van der Waals surface area contributed by atoms with Crippen LogP contribution in [0.5, 0.6) is 0 Å². The first-order chi connectivity index (χ1) is 5.71. The van der Waals surface area contributed by atoms with Crippen molar-refractivity contribution in [3.8, 4) is 0 Å². The summed E-state index contributed by atoms with van der Waals surface area (Å²) in [6, 6.07) is 0. The molecule has 1 rings (SSSR count). The Morgan fingerprint density at radius 2 is 1.69 bits per heavy atom. The number of aliphatic hydroxyl groups excluding tert-OH is 1. The lowest BCUT2D eigenvalue weighted by Gasteiger charge is -2.42. The van der Waals surface area contributed by atoms with Crippen LogP contribution in [0.25, 0.3) is 0 Å². The predicted molar refractivity (Wildman–Crippen MR) is 33.6 cm³/mol. The van der Waals surface area contributed by atoms with Crippen LogP contribution in [0, 0.1) is 0 Å². The number of hydrogen-bond acceptors (Lipinski definition) is 4. The van der Waals surface area contributed by atoms with Gasteiger partial charge in [-0.05, 0) is 6.92 Å². The fraction of sp³-hybridized carbons (Fsp3) is 1.00. The van der Waals surface area contributed by atoms with Crippen molar-refractivity contribution >= 4 is 0 Å². The van der Waals surface area contributed by atoms with E-state index in [0.29, 0.717) is 0 Å². The van der Waals surface area contributed by atoms with Crippen LogP contribution < -0.4 is 0 Å². The monoisotopic (exact) mass is 202 g/mol. The van der Waals surface area contributed by atoms with Gasteiger partial charge in [0.05, 0.1) is 6.10 Å². The topological polar surface area (TPSA) is 69.9 Å². The molecule has 7 heteroatoms. The third-order valence-corrected chi connectivity index (χ3v) is 1.96. The van der Waals surface area contributed by atoms with Crippen LogP contribution in [-0.2, 0) is 4.74 Å². The average Bonchev–Trinajstić information content (AvgIpc) is 2.00. The number of hydrogen-bond donors (Lipinski definition) is 3. The van der Waals surface area contributed by atoms with Gasteiger partial charge in [0.15, 0.2) is 0 Å². The zero-order valence-electron chi connectivity index (χ0n) is 6.62. The van der Waals surface area contributed by atoms with Crippen LogP contribution in [0.4, 0.5) is 13.2 Å². The Kier molecular flexibility index (Phi) is 2.31. The number of aliphatic hydroxyl groups is 3. The van der Waals surface area contributed by atoms with E-state index >= 15 is 0 Å². The molecule has 1 aliphatic heterocycles. The molecule has 1 fully saturated rings. The van der Waals surface area contributed by atoms with E-state index in [9.17, 15) is 13.2 Å². The highest BCUT2D eigenvalue weighted by Crippen LogP contribution is 2.40. The molecular weight excluding hydrogens is 193 g/mol. The Balaban J connectivity index is 3.00. The van der Waals surface area contributed by atoms with Crippen molar-refractivity contribution in [1.82, 2.24) is 0 Å². The molecule has 0 bridgehead atoms. The summed E-state index contributed by atoms with van der Waals surface area (Å²) >= 11 is 0. The minimum atomic E-state index is -4.26. The lowest BCUT2D eigenvalue weighted by molar-refractivity contribution is -0.420. The fourth-order valence-corrected chi connectivity index (χ4v) is 1.03. The average molecular weight is 202 g/mol.